The normalized spacial score (nSPS) is 13.3. The molecule has 0 atom stereocenters. The average Bonchev–Trinajstić information content (AvgIpc) is 3.56. The maximum atomic E-state index is 12.0. The molecule has 2 amide bonds. The van der Waals surface area contributed by atoms with E-state index in [1.165, 1.54) is 0 Å². The first-order valence-corrected chi connectivity index (χ1v) is 11.9. The fraction of sp³-hybridized carbons (Fsp3) is 0.200. The van der Waals surface area contributed by atoms with Crippen LogP contribution in [0.25, 0.3) is 22.4 Å². The van der Waals surface area contributed by atoms with Gasteiger partial charge in [0, 0.05) is 19.2 Å². The van der Waals surface area contributed by atoms with E-state index in [4.69, 9.17) is 11.6 Å². The number of anilines is 1. The molecule has 1 saturated carbocycles. The van der Waals surface area contributed by atoms with Crippen LogP contribution in [0.5, 0.6) is 0 Å². The summed E-state index contributed by atoms with van der Waals surface area (Å²) in [5, 5.41) is 19.1. The third-order valence-corrected chi connectivity index (χ3v) is 6.47. The Kier molecular flexibility index (Phi) is 5.37. The molecule has 1 fully saturated rings. The summed E-state index contributed by atoms with van der Waals surface area (Å²) in [6.07, 6.45) is 5.97. The van der Waals surface area contributed by atoms with Gasteiger partial charge in [-0.15, -0.1) is 10.2 Å². The summed E-state index contributed by atoms with van der Waals surface area (Å²) in [5.74, 6) is 1.09. The number of imidazole rings is 1. The molecule has 1 aliphatic carbocycles. The van der Waals surface area contributed by atoms with Gasteiger partial charge in [-0.05, 0) is 60.4 Å². The van der Waals surface area contributed by atoms with E-state index in [2.05, 4.69) is 30.9 Å². The Hall–Kier alpha value is -4.31. The van der Waals surface area contributed by atoms with Crippen molar-refractivity contribution < 1.29 is 9.59 Å². The number of halogens is 1. The average molecular weight is 501 g/mol. The van der Waals surface area contributed by atoms with Crippen LogP contribution >= 0.6 is 11.6 Å². The van der Waals surface area contributed by atoms with Gasteiger partial charge in [-0.2, -0.15) is 5.10 Å². The molecular weight excluding hydrogens is 480 g/mol. The van der Waals surface area contributed by atoms with E-state index in [0.29, 0.717) is 39.9 Å². The second-order valence-corrected chi connectivity index (χ2v) is 9.14. The highest BCUT2D eigenvalue weighted by Gasteiger charge is 2.30. The lowest BCUT2D eigenvalue weighted by Gasteiger charge is -2.08. The molecule has 0 unspecified atom stereocenters. The molecule has 11 heteroatoms. The highest BCUT2D eigenvalue weighted by Crippen LogP contribution is 2.30. The lowest BCUT2D eigenvalue weighted by molar-refractivity contribution is -0.117. The van der Waals surface area contributed by atoms with Crippen molar-refractivity contribution in [3.8, 4) is 11.1 Å². The Labute approximate surface area is 210 Å². The largest absolute Gasteiger partial charge is 0.355 e. The van der Waals surface area contributed by atoms with Crippen LogP contribution in [-0.4, -0.2) is 48.1 Å². The Morgan fingerprint density at radius 3 is 2.61 bits per heavy atom. The van der Waals surface area contributed by atoms with Crippen molar-refractivity contribution in [3.05, 3.63) is 77.0 Å². The SMILES string of the molecule is CNC(=O)c1ccc(-c2ccc3nnc(Cc4ccc5nc(NC(=O)C6CC6)cn5n4)n3c2)cc1Cl. The zero-order valence-electron chi connectivity index (χ0n) is 19.3. The Morgan fingerprint density at radius 1 is 1.03 bits per heavy atom. The molecule has 4 aromatic heterocycles. The number of aromatic nitrogens is 6. The van der Waals surface area contributed by atoms with Gasteiger partial charge in [0.25, 0.3) is 5.91 Å². The molecule has 0 aliphatic heterocycles. The van der Waals surface area contributed by atoms with Crippen LogP contribution in [0.4, 0.5) is 5.82 Å². The highest BCUT2D eigenvalue weighted by molar-refractivity contribution is 6.34. The summed E-state index contributed by atoms with van der Waals surface area (Å²) in [6, 6.07) is 12.9. The van der Waals surface area contributed by atoms with Crippen molar-refractivity contribution >= 4 is 40.5 Å². The van der Waals surface area contributed by atoms with Gasteiger partial charge in [0.05, 0.1) is 28.9 Å². The lowest BCUT2D eigenvalue weighted by atomic mass is 10.1. The predicted octanol–water partition coefficient (Wildman–Crippen LogP) is 3.39. The molecule has 1 aliphatic rings. The fourth-order valence-electron chi connectivity index (χ4n) is 4.05. The molecule has 4 heterocycles. The van der Waals surface area contributed by atoms with Gasteiger partial charge in [0.2, 0.25) is 5.91 Å². The van der Waals surface area contributed by atoms with Gasteiger partial charge in [-0.1, -0.05) is 17.7 Å². The number of rotatable bonds is 6. The smallest absolute Gasteiger partial charge is 0.252 e. The summed E-state index contributed by atoms with van der Waals surface area (Å²) >= 11 is 6.35. The summed E-state index contributed by atoms with van der Waals surface area (Å²) in [4.78, 5) is 28.4. The van der Waals surface area contributed by atoms with Crippen LogP contribution in [0.1, 0.15) is 34.7 Å². The van der Waals surface area contributed by atoms with Crippen LogP contribution in [0.15, 0.2) is 54.9 Å². The summed E-state index contributed by atoms with van der Waals surface area (Å²) in [6.45, 7) is 0. The van der Waals surface area contributed by atoms with Crippen molar-refractivity contribution in [2.24, 2.45) is 5.92 Å². The lowest BCUT2D eigenvalue weighted by Crippen LogP contribution is -2.18. The van der Waals surface area contributed by atoms with Gasteiger partial charge in [-0.3, -0.25) is 14.0 Å². The van der Waals surface area contributed by atoms with Gasteiger partial charge in [-0.25, -0.2) is 9.50 Å². The minimum atomic E-state index is -0.233. The Morgan fingerprint density at radius 2 is 1.83 bits per heavy atom. The number of fused-ring (bicyclic) bond motifs is 2. The first-order valence-electron chi connectivity index (χ1n) is 11.5. The second-order valence-electron chi connectivity index (χ2n) is 8.73. The van der Waals surface area contributed by atoms with E-state index in [9.17, 15) is 9.59 Å². The first-order chi connectivity index (χ1) is 17.5. The summed E-state index contributed by atoms with van der Waals surface area (Å²) in [5.41, 5.74) is 4.32. The van der Waals surface area contributed by atoms with Crippen LogP contribution in [-0.2, 0) is 11.2 Å². The molecule has 2 N–H and O–H groups in total. The number of hydrogen-bond acceptors (Lipinski definition) is 6. The third-order valence-electron chi connectivity index (χ3n) is 6.16. The number of benzene rings is 1. The minimum Gasteiger partial charge on any atom is -0.355 e. The minimum absolute atomic E-state index is 0.00826. The van der Waals surface area contributed by atoms with E-state index >= 15 is 0 Å². The predicted molar refractivity (Wildman–Crippen MR) is 134 cm³/mol. The molecular formula is C25H21ClN8O2. The van der Waals surface area contributed by atoms with Crippen molar-refractivity contribution in [1.82, 2.24) is 34.5 Å². The fourth-order valence-corrected chi connectivity index (χ4v) is 4.32. The quantitative estimate of drug-likeness (QED) is 0.369. The Bertz CT molecular complexity index is 1650. The third kappa shape index (κ3) is 4.16. The number of hydrogen-bond donors (Lipinski definition) is 2. The number of carbonyl (C=O) groups is 2. The molecule has 1 aromatic carbocycles. The first kappa shape index (κ1) is 22.2. The standard InChI is InChI=1S/C25H21ClN8O2/c1-27-25(36)18-7-4-15(10-19(18)26)16-5-8-22-30-31-23(33(22)12-16)11-17-6-9-21-28-20(13-34(21)32-17)29-24(35)14-2-3-14/h4-10,12-14H,2-3,11H2,1H3,(H,27,36)(H,29,35). The zero-order chi connectivity index (χ0) is 24.8. The van der Waals surface area contributed by atoms with Crippen LogP contribution in [0.2, 0.25) is 5.02 Å². The molecule has 0 bridgehead atoms. The maximum absolute atomic E-state index is 12.0. The van der Waals surface area contributed by atoms with Crippen molar-refractivity contribution in [2.75, 3.05) is 12.4 Å². The molecule has 0 radical (unpaired) electrons. The maximum Gasteiger partial charge on any atom is 0.252 e. The molecule has 180 valence electrons. The zero-order valence-corrected chi connectivity index (χ0v) is 20.0. The topological polar surface area (TPSA) is 119 Å². The molecule has 10 nitrogen and oxygen atoms in total. The number of carbonyl (C=O) groups excluding carboxylic acids is 2. The molecule has 36 heavy (non-hydrogen) atoms. The highest BCUT2D eigenvalue weighted by atomic mass is 35.5. The number of amides is 2. The molecule has 5 aromatic rings. The van der Waals surface area contributed by atoms with Crippen LogP contribution in [0.3, 0.4) is 0 Å². The number of nitrogens with one attached hydrogen (secondary N) is 2. The van der Waals surface area contributed by atoms with E-state index in [-0.39, 0.29) is 17.7 Å². The molecule has 0 saturated heterocycles. The van der Waals surface area contributed by atoms with Crippen LogP contribution in [0, 0.1) is 5.92 Å². The van der Waals surface area contributed by atoms with Crippen LogP contribution < -0.4 is 10.6 Å². The second kappa shape index (κ2) is 8.72. The Balaban J connectivity index is 1.27. The summed E-state index contributed by atoms with van der Waals surface area (Å²) in [7, 11) is 1.57. The van der Waals surface area contributed by atoms with E-state index < -0.39 is 0 Å². The van der Waals surface area contributed by atoms with Gasteiger partial charge in [0.1, 0.15) is 5.82 Å². The van der Waals surface area contributed by atoms with Crippen molar-refractivity contribution in [2.45, 2.75) is 19.3 Å². The number of pyridine rings is 1. The number of nitrogens with zero attached hydrogens (tertiary/aromatic N) is 6. The van der Waals surface area contributed by atoms with Gasteiger partial charge in [0.15, 0.2) is 17.1 Å². The van der Waals surface area contributed by atoms with Crippen molar-refractivity contribution in [3.63, 3.8) is 0 Å². The summed E-state index contributed by atoms with van der Waals surface area (Å²) < 4.78 is 3.57. The molecule has 6 rings (SSSR count). The monoisotopic (exact) mass is 500 g/mol. The van der Waals surface area contributed by atoms with Gasteiger partial charge >= 0.3 is 0 Å². The van der Waals surface area contributed by atoms with E-state index in [1.54, 1.807) is 29.9 Å². The molecule has 0 spiro atoms. The van der Waals surface area contributed by atoms with Crippen molar-refractivity contribution in [1.29, 1.82) is 0 Å². The van der Waals surface area contributed by atoms with Gasteiger partial charge < -0.3 is 10.6 Å². The van der Waals surface area contributed by atoms with E-state index in [0.717, 1.165) is 29.7 Å². The van der Waals surface area contributed by atoms with E-state index in [1.807, 2.05) is 40.9 Å².